The molecule has 3 rings (SSSR count). The zero-order valence-electron chi connectivity index (χ0n) is 15.4. The molecular formula is C19H23F2N3O2. The molecule has 0 fully saturated rings. The van der Waals surface area contributed by atoms with Crippen LogP contribution in [0.15, 0.2) is 16.9 Å². The van der Waals surface area contributed by atoms with Gasteiger partial charge >= 0.3 is 0 Å². The molecule has 140 valence electrons. The van der Waals surface area contributed by atoms with E-state index in [-0.39, 0.29) is 28.8 Å². The summed E-state index contributed by atoms with van der Waals surface area (Å²) >= 11 is 0. The van der Waals surface area contributed by atoms with Crippen LogP contribution >= 0.6 is 0 Å². The third kappa shape index (κ3) is 3.62. The lowest BCUT2D eigenvalue weighted by molar-refractivity contribution is 0.233. The highest BCUT2D eigenvalue weighted by molar-refractivity contribution is 5.31. The molecule has 1 aliphatic rings. The molecule has 2 aromatic rings. The van der Waals surface area contributed by atoms with Gasteiger partial charge in [0.2, 0.25) is 0 Å². The third-order valence-electron chi connectivity index (χ3n) is 4.59. The number of nitrogens with one attached hydrogen (secondary N) is 1. The molecule has 0 saturated heterocycles. The molecule has 0 spiro atoms. The van der Waals surface area contributed by atoms with Gasteiger partial charge in [-0.15, -0.1) is 0 Å². The van der Waals surface area contributed by atoms with E-state index in [1.807, 2.05) is 25.7 Å². The SMILES string of the molecule is COc1cc(F)c(CN2CCc3nc(C(C)(C)C)[nH]c(=O)c3C2)c(F)c1. The fraction of sp³-hybridized carbons (Fsp3) is 0.474. The average Bonchev–Trinajstić information content (AvgIpc) is 2.57. The van der Waals surface area contributed by atoms with Gasteiger partial charge < -0.3 is 9.72 Å². The van der Waals surface area contributed by atoms with Crippen LogP contribution in [-0.2, 0) is 24.9 Å². The summed E-state index contributed by atoms with van der Waals surface area (Å²) < 4.78 is 33.2. The number of aromatic amines is 1. The van der Waals surface area contributed by atoms with Crippen molar-refractivity contribution in [2.75, 3.05) is 13.7 Å². The molecule has 7 heteroatoms. The molecule has 5 nitrogen and oxygen atoms in total. The van der Waals surface area contributed by atoms with Crippen LogP contribution in [0.2, 0.25) is 0 Å². The largest absolute Gasteiger partial charge is 0.497 e. The van der Waals surface area contributed by atoms with Crippen LogP contribution in [0, 0.1) is 11.6 Å². The summed E-state index contributed by atoms with van der Waals surface area (Å²) in [5.74, 6) is -0.504. The van der Waals surface area contributed by atoms with Crippen molar-refractivity contribution >= 4 is 0 Å². The summed E-state index contributed by atoms with van der Waals surface area (Å²) in [5, 5.41) is 0. The molecule has 0 aliphatic carbocycles. The van der Waals surface area contributed by atoms with Gasteiger partial charge in [-0.25, -0.2) is 13.8 Å². The predicted octanol–water partition coefficient (Wildman–Crippen LogP) is 2.91. The number of benzene rings is 1. The molecule has 0 atom stereocenters. The van der Waals surface area contributed by atoms with Crippen molar-refractivity contribution in [3.63, 3.8) is 0 Å². The van der Waals surface area contributed by atoms with E-state index in [0.29, 0.717) is 30.9 Å². The lowest BCUT2D eigenvalue weighted by atomic mass is 9.95. The van der Waals surface area contributed by atoms with Crippen LogP contribution in [0.3, 0.4) is 0 Å². The minimum absolute atomic E-state index is 0.0232. The van der Waals surface area contributed by atoms with Crippen molar-refractivity contribution in [3.8, 4) is 5.75 Å². The highest BCUT2D eigenvalue weighted by Gasteiger charge is 2.26. The molecule has 0 amide bonds. The van der Waals surface area contributed by atoms with Crippen LogP contribution in [0.25, 0.3) is 0 Å². The van der Waals surface area contributed by atoms with Crippen LogP contribution in [0.1, 0.15) is 43.4 Å². The Hall–Kier alpha value is -2.28. The number of hydrogen-bond donors (Lipinski definition) is 1. The zero-order chi connectivity index (χ0) is 19.1. The maximum atomic E-state index is 14.2. The zero-order valence-corrected chi connectivity index (χ0v) is 15.4. The molecule has 0 saturated carbocycles. The quantitative estimate of drug-likeness (QED) is 0.911. The van der Waals surface area contributed by atoms with E-state index in [1.165, 1.54) is 19.2 Å². The molecule has 1 N–H and O–H groups in total. The number of rotatable bonds is 3. The second-order valence-corrected chi connectivity index (χ2v) is 7.62. The molecule has 26 heavy (non-hydrogen) atoms. The van der Waals surface area contributed by atoms with Crippen LogP contribution in [0.4, 0.5) is 8.78 Å². The molecule has 1 aromatic heterocycles. The second-order valence-electron chi connectivity index (χ2n) is 7.62. The first-order valence-corrected chi connectivity index (χ1v) is 8.56. The monoisotopic (exact) mass is 363 g/mol. The van der Waals surface area contributed by atoms with Gasteiger partial charge in [-0.3, -0.25) is 9.69 Å². The number of H-pyrrole nitrogens is 1. The Morgan fingerprint density at radius 3 is 2.50 bits per heavy atom. The number of hydrogen-bond acceptors (Lipinski definition) is 4. The van der Waals surface area contributed by atoms with Gasteiger partial charge in [0, 0.05) is 49.2 Å². The van der Waals surface area contributed by atoms with Gasteiger partial charge in [0.25, 0.3) is 5.56 Å². The molecule has 1 aromatic carbocycles. The Morgan fingerprint density at radius 1 is 1.27 bits per heavy atom. The topological polar surface area (TPSA) is 58.2 Å². The Balaban J connectivity index is 1.85. The minimum atomic E-state index is -0.650. The Labute approximate surface area is 151 Å². The van der Waals surface area contributed by atoms with Crippen molar-refractivity contribution < 1.29 is 13.5 Å². The standard InChI is InChI=1S/C19H23F2N3O2/c1-19(2,3)18-22-16-5-6-24(10-13(16)17(25)23-18)9-12-14(20)7-11(26-4)8-15(12)21/h7-8H,5-6,9-10H2,1-4H3,(H,22,23,25). The van der Waals surface area contributed by atoms with Crippen molar-refractivity contribution in [1.82, 2.24) is 14.9 Å². The van der Waals surface area contributed by atoms with E-state index in [1.54, 1.807) is 0 Å². The highest BCUT2D eigenvalue weighted by Crippen LogP contribution is 2.25. The molecular weight excluding hydrogens is 340 g/mol. The number of fused-ring (bicyclic) bond motifs is 1. The normalized spacial score (nSPS) is 15.0. The van der Waals surface area contributed by atoms with E-state index in [4.69, 9.17) is 4.74 Å². The van der Waals surface area contributed by atoms with Crippen LogP contribution < -0.4 is 10.3 Å². The van der Waals surface area contributed by atoms with Gasteiger partial charge in [0.1, 0.15) is 23.2 Å². The van der Waals surface area contributed by atoms with Crippen molar-refractivity contribution in [2.24, 2.45) is 0 Å². The molecule has 0 radical (unpaired) electrons. The number of halogens is 2. The fourth-order valence-corrected chi connectivity index (χ4v) is 3.04. The first kappa shape index (κ1) is 18.5. The van der Waals surface area contributed by atoms with E-state index in [2.05, 4.69) is 9.97 Å². The molecule has 0 bridgehead atoms. The summed E-state index contributed by atoms with van der Waals surface area (Å²) in [6, 6.07) is 2.33. The highest BCUT2D eigenvalue weighted by atomic mass is 19.1. The maximum Gasteiger partial charge on any atom is 0.255 e. The van der Waals surface area contributed by atoms with Gasteiger partial charge in [-0.1, -0.05) is 20.8 Å². The summed E-state index contributed by atoms with van der Waals surface area (Å²) in [7, 11) is 1.36. The number of nitrogens with zero attached hydrogens (tertiary/aromatic N) is 2. The van der Waals surface area contributed by atoms with E-state index >= 15 is 0 Å². The van der Waals surface area contributed by atoms with Crippen molar-refractivity contribution in [1.29, 1.82) is 0 Å². The summed E-state index contributed by atoms with van der Waals surface area (Å²) in [4.78, 5) is 21.7. The van der Waals surface area contributed by atoms with Gasteiger partial charge in [0.05, 0.1) is 18.4 Å². The van der Waals surface area contributed by atoms with E-state index in [9.17, 15) is 13.6 Å². The number of aromatic nitrogens is 2. The third-order valence-corrected chi connectivity index (χ3v) is 4.59. The minimum Gasteiger partial charge on any atom is -0.497 e. The lowest BCUT2D eigenvalue weighted by Crippen LogP contribution is -2.37. The van der Waals surface area contributed by atoms with Gasteiger partial charge in [-0.05, 0) is 0 Å². The summed E-state index contributed by atoms with van der Waals surface area (Å²) in [6.45, 7) is 6.94. The first-order valence-electron chi connectivity index (χ1n) is 8.56. The molecule has 0 unspecified atom stereocenters. The number of methoxy groups -OCH3 is 1. The average molecular weight is 363 g/mol. The Bertz CT molecular complexity index is 864. The first-order chi connectivity index (χ1) is 12.2. The smallest absolute Gasteiger partial charge is 0.255 e. The maximum absolute atomic E-state index is 14.2. The van der Waals surface area contributed by atoms with Crippen LogP contribution in [0.5, 0.6) is 5.75 Å². The fourth-order valence-electron chi connectivity index (χ4n) is 3.04. The van der Waals surface area contributed by atoms with Crippen LogP contribution in [-0.4, -0.2) is 28.5 Å². The molecule has 1 aliphatic heterocycles. The van der Waals surface area contributed by atoms with E-state index < -0.39 is 11.6 Å². The predicted molar refractivity (Wildman–Crippen MR) is 94.3 cm³/mol. The molecule has 2 heterocycles. The lowest BCUT2D eigenvalue weighted by Gasteiger charge is -2.29. The van der Waals surface area contributed by atoms with Gasteiger partial charge in [0.15, 0.2) is 0 Å². The summed E-state index contributed by atoms with van der Waals surface area (Å²) in [6.07, 6.45) is 0.571. The Kier molecular flexibility index (Phi) is 4.84. The van der Waals surface area contributed by atoms with E-state index in [0.717, 1.165) is 5.69 Å². The Morgan fingerprint density at radius 2 is 1.92 bits per heavy atom. The number of ether oxygens (including phenoxy) is 1. The second kappa shape index (κ2) is 6.79. The van der Waals surface area contributed by atoms with Gasteiger partial charge in [-0.2, -0.15) is 0 Å². The van der Waals surface area contributed by atoms with Crippen molar-refractivity contribution in [3.05, 3.63) is 56.8 Å². The summed E-state index contributed by atoms with van der Waals surface area (Å²) in [5.41, 5.74) is 0.884. The van der Waals surface area contributed by atoms with Crippen molar-refractivity contribution in [2.45, 2.75) is 45.7 Å².